The fraction of sp³-hybridized carbons (Fsp3) is 0.318. The number of thiazole rings is 1. The van der Waals surface area contributed by atoms with Crippen molar-refractivity contribution in [3.8, 4) is 10.6 Å². The standard InChI is InChI=1S/C22H20F3N7O4S/c1-10(33)7-31-20(35)16-17(30(4)21(31)36)27-9-32(16)12(3)18(34)28-15-8-37-19(29-15)13-5-14(22(23,24)25)11(2)26-6-13/h5-6,8-9,12H,7H2,1-4H3,(H,28,34)/t12-/m0/s1. The van der Waals surface area contributed by atoms with Crippen molar-refractivity contribution in [2.24, 2.45) is 7.05 Å². The van der Waals surface area contributed by atoms with Crippen molar-refractivity contribution in [1.29, 1.82) is 0 Å². The summed E-state index contributed by atoms with van der Waals surface area (Å²) in [5.74, 6) is -0.904. The molecule has 37 heavy (non-hydrogen) atoms. The van der Waals surface area contributed by atoms with Crippen molar-refractivity contribution >= 4 is 40.0 Å². The second-order valence-electron chi connectivity index (χ2n) is 8.32. The molecule has 0 bridgehead atoms. The summed E-state index contributed by atoms with van der Waals surface area (Å²) in [5.41, 5.74) is -2.39. The predicted octanol–water partition coefficient (Wildman–Crippen LogP) is 2.53. The Morgan fingerprint density at radius 2 is 1.92 bits per heavy atom. The molecule has 0 fully saturated rings. The van der Waals surface area contributed by atoms with Crippen molar-refractivity contribution in [1.82, 2.24) is 28.7 Å². The molecule has 0 aliphatic heterocycles. The molecule has 4 heterocycles. The third-order valence-corrected chi connectivity index (χ3v) is 6.52. The van der Waals surface area contributed by atoms with E-state index >= 15 is 0 Å². The first kappa shape index (κ1) is 25.9. The summed E-state index contributed by atoms with van der Waals surface area (Å²) in [7, 11) is 1.39. The number of nitrogens with one attached hydrogen (secondary N) is 1. The molecule has 1 amide bonds. The molecular weight excluding hydrogens is 515 g/mol. The first-order chi connectivity index (χ1) is 17.3. The van der Waals surface area contributed by atoms with Crippen LogP contribution in [0.3, 0.4) is 0 Å². The molecule has 0 radical (unpaired) electrons. The number of nitrogens with zero attached hydrogens (tertiary/aromatic N) is 6. The lowest BCUT2D eigenvalue weighted by atomic mass is 10.1. The quantitative estimate of drug-likeness (QED) is 0.401. The number of anilines is 1. The van der Waals surface area contributed by atoms with E-state index in [0.717, 1.165) is 26.5 Å². The summed E-state index contributed by atoms with van der Waals surface area (Å²) >= 11 is 1.02. The third kappa shape index (κ3) is 4.81. The lowest BCUT2D eigenvalue weighted by Crippen LogP contribution is -2.41. The Hall–Kier alpha value is -4.14. The van der Waals surface area contributed by atoms with Gasteiger partial charge < -0.3 is 9.88 Å². The van der Waals surface area contributed by atoms with Crippen LogP contribution in [-0.2, 0) is 29.4 Å². The van der Waals surface area contributed by atoms with E-state index in [0.29, 0.717) is 0 Å². The van der Waals surface area contributed by atoms with Gasteiger partial charge in [-0.05, 0) is 26.8 Å². The smallest absolute Gasteiger partial charge is 0.312 e. The van der Waals surface area contributed by atoms with Crippen molar-refractivity contribution in [3.63, 3.8) is 0 Å². The average molecular weight is 536 g/mol. The number of Topliss-reactive ketones (excluding diaryl/α,β-unsaturated/α-hetero) is 1. The highest BCUT2D eigenvalue weighted by atomic mass is 32.1. The molecule has 4 aromatic rings. The fourth-order valence-electron chi connectivity index (χ4n) is 3.70. The van der Waals surface area contributed by atoms with E-state index in [1.807, 2.05) is 0 Å². The molecule has 1 atom stereocenters. The van der Waals surface area contributed by atoms with Crippen LogP contribution in [0, 0.1) is 6.92 Å². The number of ketones is 1. The number of hydrogen-bond donors (Lipinski definition) is 1. The summed E-state index contributed by atoms with van der Waals surface area (Å²) in [6.45, 7) is 3.55. The number of amides is 1. The maximum atomic E-state index is 13.2. The van der Waals surface area contributed by atoms with E-state index < -0.39 is 47.3 Å². The normalized spacial score (nSPS) is 12.6. The van der Waals surface area contributed by atoms with E-state index in [1.165, 1.54) is 50.3 Å². The summed E-state index contributed by atoms with van der Waals surface area (Å²) in [5, 5.41) is 4.25. The van der Waals surface area contributed by atoms with Crippen molar-refractivity contribution in [2.45, 2.75) is 39.5 Å². The van der Waals surface area contributed by atoms with Gasteiger partial charge in [0, 0.05) is 29.9 Å². The zero-order chi connectivity index (χ0) is 27.2. The lowest BCUT2D eigenvalue weighted by molar-refractivity contribution is -0.138. The van der Waals surface area contributed by atoms with Gasteiger partial charge in [0.15, 0.2) is 11.2 Å². The van der Waals surface area contributed by atoms with Crippen LogP contribution < -0.4 is 16.6 Å². The maximum absolute atomic E-state index is 13.2. The molecule has 0 saturated heterocycles. The number of fused-ring (bicyclic) bond motifs is 1. The fourth-order valence-corrected chi connectivity index (χ4v) is 4.44. The van der Waals surface area contributed by atoms with Crippen LogP contribution in [0.1, 0.15) is 31.1 Å². The molecule has 0 aromatic carbocycles. The van der Waals surface area contributed by atoms with Gasteiger partial charge in [0.2, 0.25) is 5.91 Å². The monoisotopic (exact) mass is 535 g/mol. The Labute approximate surface area is 210 Å². The van der Waals surface area contributed by atoms with Gasteiger partial charge in [-0.25, -0.2) is 14.8 Å². The lowest BCUT2D eigenvalue weighted by Gasteiger charge is -2.14. The van der Waals surface area contributed by atoms with Crippen LogP contribution in [0.15, 0.2) is 33.6 Å². The summed E-state index contributed by atoms with van der Waals surface area (Å²) in [6.07, 6.45) is -2.07. The van der Waals surface area contributed by atoms with Crippen molar-refractivity contribution in [2.75, 3.05) is 5.32 Å². The van der Waals surface area contributed by atoms with Crippen LogP contribution in [0.4, 0.5) is 19.0 Å². The molecule has 0 saturated carbocycles. The first-order valence-electron chi connectivity index (χ1n) is 10.8. The molecule has 0 unspecified atom stereocenters. The second-order valence-corrected chi connectivity index (χ2v) is 9.17. The van der Waals surface area contributed by atoms with E-state index in [1.54, 1.807) is 0 Å². The van der Waals surface area contributed by atoms with Crippen LogP contribution >= 0.6 is 11.3 Å². The number of pyridine rings is 1. The molecule has 0 spiro atoms. The van der Waals surface area contributed by atoms with Gasteiger partial charge in [-0.15, -0.1) is 11.3 Å². The van der Waals surface area contributed by atoms with Crippen LogP contribution in [0.25, 0.3) is 21.7 Å². The van der Waals surface area contributed by atoms with Gasteiger partial charge in [-0.2, -0.15) is 13.2 Å². The van der Waals surface area contributed by atoms with E-state index in [-0.39, 0.29) is 33.2 Å². The molecule has 4 rings (SSSR count). The number of halogens is 3. The number of carbonyl (C=O) groups is 2. The molecule has 0 aliphatic rings. The molecule has 1 N–H and O–H groups in total. The summed E-state index contributed by atoms with van der Waals surface area (Å²) in [4.78, 5) is 62.1. The van der Waals surface area contributed by atoms with E-state index in [4.69, 9.17) is 0 Å². The number of imidazole rings is 1. The number of hydrogen-bond acceptors (Lipinski definition) is 8. The second kappa shape index (κ2) is 9.38. The minimum atomic E-state index is -4.57. The Morgan fingerprint density at radius 1 is 1.22 bits per heavy atom. The van der Waals surface area contributed by atoms with Crippen LogP contribution in [0.5, 0.6) is 0 Å². The zero-order valence-electron chi connectivity index (χ0n) is 20.0. The van der Waals surface area contributed by atoms with E-state index in [2.05, 4.69) is 20.3 Å². The molecular formula is C22H20F3N7O4S. The Balaban J connectivity index is 1.63. The van der Waals surface area contributed by atoms with Gasteiger partial charge in [0.1, 0.15) is 22.7 Å². The number of aryl methyl sites for hydroxylation is 2. The molecule has 15 heteroatoms. The number of rotatable bonds is 6. The van der Waals surface area contributed by atoms with E-state index in [9.17, 15) is 32.3 Å². The Morgan fingerprint density at radius 3 is 2.57 bits per heavy atom. The molecule has 11 nitrogen and oxygen atoms in total. The number of alkyl halides is 3. The molecule has 194 valence electrons. The van der Waals surface area contributed by atoms with Gasteiger partial charge >= 0.3 is 11.9 Å². The highest BCUT2D eigenvalue weighted by Gasteiger charge is 2.33. The van der Waals surface area contributed by atoms with Crippen molar-refractivity contribution in [3.05, 3.63) is 56.1 Å². The van der Waals surface area contributed by atoms with Gasteiger partial charge in [0.05, 0.1) is 18.4 Å². The zero-order valence-corrected chi connectivity index (χ0v) is 20.8. The Bertz CT molecular complexity index is 1670. The average Bonchev–Trinajstić information content (AvgIpc) is 3.47. The maximum Gasteiger partial charge on any atom is 0.418 e. The van der Waals surface area contributed by atoms with Gasteiger partial charge in [0.25, 0.3) is 5.56 Å². The Kier molecular flexibility index (Phi) is 6.58. The summed E-state index contributed by atoms with van der Waals surface area (Å²) in [6, 6.07) is -0.0485. The highest BCUT2D eigenvalue weighted by Crippen LogP contribution is 2.35. The minimum absolute atomic E-state index is 0.0396. The van der Waals surface area contributed by atoms with Crippen LogP contribution in [-0.4, -0.2) is 40.3 Å². The molecule has 4 aromatic heterocycles. The number of carbonyl (C=O) groups excluding carboxylic acids is 2. The summed E-state index contributed by atoms with van der Waals surface area (Å²) < 4.78 is 42.9. The van der Waals surface area contributed by atoms with Crippen LogP contribution in [0.2, 0.25) is 0 Å². The predicted molar refractivity (Wildman–Crippen MR) is 128 cm³/mol. The SMILES string of the molecule is CC(=O)Cn1c(=O)c2c(ncn2[C@@H](C)C(=O)Nc2csc(-c3cnc(C)c(C(F)(F)F)c3)n2)n(C)c1=O. The topological polar surface area (TPSA) is 134 Å². The highest BCUT2D eigenvalue weighted by molar-refractivity contribution is 7.13. The van der Waals surface area contributed by atoms with Gasteiger partial charge in [-0.3, -0.25) is 28.5 Å². The van der Waals surface area contributed by atoms with Crippen molar-refractivity contribution < 1.29 is 22.8 Å². The molecule has 0 aliphatic carbocycles. The van der Waals surface area contributed by atoms with Gasteiger partial charge in [-0.1, -0.05) is 0 Å². The largest absolute Gasteiger partial charge is 0.418 e. The minimum Gasteiger partial charge on any atom is -0.312 e. The number of aromatic nitrogens is 6. The first-order valence-corrected chi connectivity index (χ1v) is 11.6. The third-order valence-electron chi connectivity index (χ3n) is 5.63.